The summed E-state index contributed by atoms with van der Waals surface area (Å²) < 4.78 is 0. The first-order chi connectivity index (χ1) is 8.89. The van der Waals surface area contributed by atoms with Crippen molar-refractivity contribution < 1.29 is 4.79 Å². The minimum atomic E-state index is -0.127. The predicted octanol–water partition coefficient (Wildman–Crippen LogP) is 1.51. The molecule has 1 amide bonds. The molecule has 4 nitrogen and oxygen atoms in total. The van der Waals surface area contributed by atoms with Gasteiger partial charge in [0, 0.05) is 23.7 Å². The third kappa shape index (κ3) is 3.93. The van der Waals surface area contributed by atoms with Crippen LogP contribution in [0.5, 0.6) is 0 Å². The second-order valence-corrected chi connectivity index (χ2v) is 7.08. The van der Waals surface area contributed by atoms with E-state index in [-0.39, 0.29) is 11.4 Å². The van der Waals surface area contributed by atoms with Crippen LogP contribution in [0.4, 0.5) is 0 Å². The fourth-order valence-corrected chi connectivity index (χ4v) is 3.61. The van der Waals surface area contributed by atoms with Gasteiger partial charge < -0.3 is 10.6 Å². The minimum absolute atomic E-state index is 0.127. The van der Waals surface area contributed by atoms with Gasteiger partial charge >= 0.3 is 0 Å². The van der Waals surface area contributed by atoms with Crippen molar-refractivity contribution in [1.82, 2.24) is 15.5 Å². The Hall–Kier alpha value is -0.610. The molecule has 2 heterocycles. The number of fused-ring (bicyclic) bond motifs is 2. The number of nitrogens with one attached hydrogen (secondary N) is 2. The van der Waals surface area contributed by atoms with Crippen LogP contribution in [0.1, 0.15) is 53.4 Å². The Morgan fingerprint density at radius 3 is 2.26 bits per heavy atom. The standard InChI is InChI=1S/C15H29N3O/c1-5-16-11-8-12-6-7-13(9-11)18(12)10-14(19)17-15(2,3)4/h11-13,16H,5-10H2,1-4H3,(H,17,19). The van der Waals surface area contributed by atoms with Crippen molar-refractivity contribution >= 4 is 5.91 Å². The molecule has 19 heavy (non-hydrogen) atoms. The molecular weight excluding hydrogens is 238 g/mol. The Bertz CT molecular complexity index is 310. The van der Waals surface area contributed by atoms with Crippen LogP contribution in [0.3, 0.4) is 0 Å². The first-order valence-corrected chi connectivity index (χ1v) is 7.69. The Kier molecular flexibility index (Phi) is 4.51. The van der Waals surface area contributed by atoms with Crippen molar-refractivity contribution in [2.24, 2.45) is 0 Å². The SMILES string of the molecule is CCNC1CC2CCC(C1)N2CC(=O)NC(C)(C)C. The van der Waals surface area contributed by atoms with E-state index in [1.807, 2.05) is 20.8 Å². The molecule has 2 atom stereocenters. The van der Waals surface area contributed by atoms with Gasteiger partial charge in [0.15, 0.2) is 0 Å². The van der Waals surface area contributed by atoms with E-state index in [1.54, 1.807) is 0 Å². The summed E-state index contributed by atoms with van der Waals surface area (Å²) in [6.45, 7) is 9.91. The van der Waals surface area contributed by atoms with Crippen molar-refractivity contribution in [2.75, 3.05) is 13.1 Å². The van der Waals surface area contributed by atoms with Crippen molar-refractivity contribution in [1.29, 1.82) is 0 Å². The lowest BCUT2D eigenvalue weighted by Crippen LogP contribution is -2.53. The summed E-state index contributed by atoms with van der Waals surface area (Å²) in [5, 5.41) is 6.65. The molecule has 2 rings (SSSR count). The molecule has 0 spiro atoms. The summed E-state index contributed by atoms with van der Waals surface area (Å²) in [6, 6.07) is 1.87. The third-order valence-corrected chi connectivity index (χ3v) is 4.22. The molecule has 2 fully saturated rings. The maximum Gasteiger partial charge on any atom is 0.234 e. The number of hydrogen-bond donors (Lipinski definition) is 2. The molecule has 0 aromatic rings. The molecule has 0 aromatic carbocycles. The molecule has 2 aliphatic heterocycles. The molecule has 2 unspecified atom stereocenters. The summed E-state index contributed by atoms with van der Waals surface area (Å²) >= 11 is 0. The van der Waals surface area contributed by atoms with Gasteiger partial charge in [0.05, 0.1) is 6.54 Å². The summed E-state index contributed by atoms with van der Waals surface area (Å²) in [4.78, 5) is 14.5. The molecule has 110 valence electrons. The Morgan fingerprint density at radius 2 is 1.79 bits per heavy atom. The first kappa shape index (κ1) is 14.8. The van der Waals surface area contributed by atoms with Gasteiger partial charge in [-0.1, -0.05) is 6.92 Å². The van der Waals surface area contributed by atoms with E-state index in [0.717, 1.165) is 6.54 Å². The third-order valence-electron chi connectivity index (χ3n) is 4.22. The van der Waals surface area contributed by atoms with Gasteiger partial charge in [-0.05, 0) is 53.0 Å². The van der Waals surface area contributed by atoms with Crippen LogP contribution in [-0.4, -0.2) is 47.6 Å². The number of carbonyl (C=O) groups is 1. The van der Waals surface area contributed by atoms with Gasteiger partial charge in [-0.15, -0.1) is 0 Å². The zero-order chi connectivity index (χ0) is 14.0. The highest BCUT2D eigenvalue weighted by Gasteiger charge is 2.41. The first-order valence-electron chi connectivity index (χ1n) is 7.69. The van der Waals surface area contributed by atoms with E-state index in [9.17, 15) is 4.79 Å². The summed E-state index contributed by atoms with van der Waals surface area (Å²) in [5.41, 5.74) is -0.127. The number of carbonyl (C=O) groups excluding carboxylic acids is 1. The lowest BCUT2D eigenvalue weighted by Gasteiger charge is -2.39. The normalized spacial score (nSPS) is 31.5. The van der Waals surface area contributed by atoms with Gasteiger partial charge in [0.2, 0.25) is 5.91 Å². The van der Waals surface area contributed by atoms with E-state index >= 15 is 0 Å². The topological polar surface area (TPSA) is 44.4 Å². The maximum atomic E-state index is 12.1. The smallest absolute Gasteiger partial charge is 0.234 e. The zero-order valence-electron chi connectivity index (χ0n) is 12.8. The number of rotatable bonds is 4. The Balaban J connectivity index is 1.88. The predicted molar refractivity (Wildman–Crippen MR) is 78.1 cm³/mol. The number of nitrogens with zero attached hydrogens (tertiary/aromatic N) is 1. The molecule has 4 heteroatoms. The van der Waals surface area contributed by atoms with Crippen LogP contribution >= 0.6 is 0 Å². The van der Waals surface area contributed by atoms with Crippen LogP contribution in [-0.2, 0) is 4.79 Å². The summed E-state index contributed by atoms with van der Waals surface area (Å²) in [5.74, 6) is 0.173. The van der Waals surface area contributed by atoms with Crippen molar-refractivity contribution in [2.45, 2.75) is 77.0 Å². The van der Waals surface area contributed by atoms with Crippen molar-refractivity contribution in [3.63, 3.8) is 0 Å². The molecular formula is C15H29N3O. The van der Waals surface area contributed by atoms with E-state index < -0.39 is 0 Å². The molecule has 2 aliphatic rings. The second kappa shape index (κ2) is 5.80. The quantitative estimate of drug-likeness (QED) is 0.811. The van der Waals surface area contributed by atoms with E-state index in [4.69, 9.17) is 0 Å². The van der Waals surface area contributed by atoms with Crippen LogP contribution in [0.15, 0.2) is 0 Å². The summed E-state index contributed by atoms with van der Waals surface area (Å²) in [7, 11) is 0. The van der Waals surface area contributed by atoms with Crippen LogP contribution in [0, 0.1) is 0 Å². The molecule has 0 aromatic heterocycles. The minimum Gasteiger partial charge on any atom is -0.350 e. The van der Waals surface area contributed by atoms with Gasteiger partial charge in [0.1, 0.15) is 0 Å². The summed E-state index contributed by atoms with van der Waals surface area (Å²) in [6.07, 6.45) is 4.92. The number of amides is 1. The van der Waals surface area contributed by atoms with Gasteiger partial charge in [-0.25, -0.2) is 0 Å². The fourth-order valence-electron chi connectivity index (χ4n) is 3.61. The number of hydrogen-bond acceptors (Lipinski definition) is 3. The van der Waals surface area contributed by atoms with E-state index in [1.165, 1.54) is 25.7 Å². The molecule has 2 bridgehead atoms. The molecule has 0 aliphatic carbocycles. The second-order valence-electron chi connectivity index (χ2n) is 7.08. The highest BCUT2D eigenvalue weighted by atomic mass is 16.2. The monoisotopic (exact) mass is 267 g/mol. The average molecular weight is 267 g/mol. The molecule has 0 radical (unpaired) electrons. The van der Waals surface area contributed by atoms with Gasteiger partial charge in [0.25, 0.3) is 0 Å². The Labute approximate surface area is 117 Å². The largest absolute Gasteiger partial charge is 0.350 e. The van der Waals surface area contributed by atoms with Crippen molar-refractivity contribution in [3.05, 3.63) is 0 Å². The molecule has 2 saturated heterocycles. The van der Waals surface area contributed by atoms with Crippen LogP contribution < -0.4 is 10.6 Å². The highest BCUT2D eigenvalue weighted by molar-refractivity contribution is 5.78. The molecule has 2 N–H and O–H groups in total. The lowest BCUT2D eigenvalue weighted by molar-refractivity contribution is -0.124. The fraction of sp³-hybridized carbons (Fsp3) is 0.933. The Morgan fingerprint density at radius 1 is 1.21 bits per heavy atom. The maximum absolute atomic E-state index is 12.1. The van der Waals surface area contributed by atoms with Crippen LogP contribution in [0.25, 0.3) is 0 Å². The molecule has 0 saturated carbocycles. The van der Waals surface area contributed by atoms with Crippen LogP contribution in [0.2, 0.25) is 0 Å². The van der Waals surface area contributed by atoms with Gasteiger partial charge in [-0.2, -0.15) is 0 Å². The van der Waals surface area contributed by atoms with E-state index in [2.05, 4.69) is 22.5 Å². The lowest BCUT2D eigenvalue weighted by atomic mass is 9.97. The zero-order valence-corrected chi connectivity index (χ0v) is 12.8. The van der Waals surface area contributed by atoms with E-state index in [0.29, 0.717) is 24.7 Å². The van der Waals surface area contributed by atoms with Crippen molar-refractivity contribution in [3.8, 4) is 0 Å². The van der Waals surface area contributed by atoms with Gasteiger partial charge in [-0.3, -0.25) is 9.69 Å². The highest BCUT2D eigenvalue weighted by Crippen LogP contribution is 2.35. The number of piperidine rings is 1. The average Bonchev–Trinajstić information content (AvgIpc) is 2.51.